The first-order valence-corrected chi connectivity index (χ1v) is 6.03. The van der Waals surface area contributed by atoms with Crippen LogP contribution < -0.4 is 0 Å². The van der Waals surface area contributed by atoms with Crippen molar-refractivity contribution in [3.05, 3.63) is 0 Å². The van der Waals surface area contributed by atoms with E-state index in [9.17, 15) is 22.1 Å². The van der Waals surface area contributed by atoms with Gasteiger partial charge < -0.3 is 45.3 Å². The Morgan fingerprint density at radius 1 is 0.875 bits per heavy atom. The summed E-state index contributed by atoms with van der Waals surface area (Å²) in [5.41, 5.74) is 0. The van der Waals surface area contributed by atoms with Gasteiger partial charge in [-0.25, -0.2) is 9.19 Å². The van der Waals surface area contributed by atoms with Crippen molar-refractivity contribution < 1.29 is 67.4 Å². The molecule has 9 N–H and O–H groups in total. The van der Waals surface area contributed by atoms with Crippen LogP contribution in [0.2, 0.25) is 0 Å². The largest absolute Gasteiger partial charge is 0.674 e. The van der Waals surface area contributed by atoms with Gasteiger partial charge in [0.2, 0.25) is 0 Å². The molecule has 0 aliphatic heterocycles. The van der Waals surface area contributed by atoms with E-state index in [4.69, 9.17) is 45.3 Å². The molecule has 0 amide bonds. The van der Waals surface area contributed by atoms with E-state index in [1.807, 2.05) is 6.92 Å². The molecule has 0 rings (SSSR count). The van der Waals surface area contributed by atoms with E-state index in [0.717, 1.165) is 12.0 Å². The van der Waals surface area contributed by atoms with Crippen molar-refractivity contribution in [2.24, 2.45) is 4.40 Å². The lowest BCUT2D eigenvalue weighted by molar-refractivity contribution is -0.128. The van der Waals surface area contributed by atoms with Crippen LogP contribution in [-0.4, -0.2) is 92.8 Å². The van der Waals surface area contributed by atoms with Gasteiger partial charge in [0.1, 0.15) is 6.21 Å². The summed E-state index contributed by atoms with van der Waals surface area (Å²) in [7, 11) is -10.7. The summed E-state index contributed by atoms with van der Waals surface area (Å²) in [5, 5.41) is 63.5. The van der Waals surface area contributed by atoms with Gasteiger partial charge in [0.05, 0.1) is 0 Å². The van der Waals surface area contributed by atoms with Crippen molar-refractivity contribution in [2.45, 2.75) is 6.92 Å². The smallest absolute Gasteiger partial charge is 0.477 e. The third-order valence-electron chi connectivity index (χ3n) is 0.367. The van der Waals surface area contributed by atoms with E-state index in [1.165, 1.54) is 11.9 Å². The molecule has 0 fully saturated rings. The first kappa shape index (κ1) is 34.5. The average Bonchev–Trinajstić information content (AvgIpc) is 2.25. The molecule has 0 heterocycles. The second-order valence-corrected chi connectivity index (χ2v) is 3.28. The summed E-state index contributed by atoms with van der Waals surface area (Å²) in [6, 6.07) is 0. The number of aliphatic carboxylic acids is 1. The zero-order chi connectivity index (χ0) is 20.7. The van der Waals surface area contributed by atoms with Gasteiger partial charge in [-0.2, -0.15) is 0 Å². The molecule has 11 nitrogen and oxygen atoms in total. The fraction of sp³-hybridized carbons (Fsp3) is 0.500. The van der Waals surface area contributed by atoms with Crippen molar-refractivity contribution in [1.29, 1.82) is 0 Å². The highest BCUT2D eigenvalue weighted by Crippen LogP contribution is 1.96. The molecule has 0 aromatic rings. The average molecular weight is 388 g/mol. The number of carboxylic acid groups (broad SMARTS) is 1. The molecule has 142 valence electrons. The van der Waals surface area contributed by atoms with Gasteiger partial charge in [-0.15, -0.1) is 0 Å². The van der Waals surface area contributed by atoms with Crippen LogP contribution in [0.25, 0.3) is 0 Å². The molecule has 0 aliphatic rings. The molecule has 0 saturated carbocycles. The first-order chi connectivity index (χ1) is 10.7. The molecular formula is C4H15B4F4NO10S. The number of nitrogens with zero attached hydrogens (tertiary/aromatic N) is 1. The topological polar surface area (TPSA) is 211 Å². The van der Waals surface area contributed by atoms with E-state index < -0.39 is 35.6 Å². The second kappa shape index (κ2) is 30.1. The molecule has 20 heteroatoms. The maximum atomic E-state index is 10.1. The molecular weight excluding hydrogens is 373 g/mol. The Morgan fingerprint density at radius 3 is 1.21 bits per heavy atom. The zero-order valence-corrected chi connectivity index (χ0v) is 12.7. The molecule has 0 atom stereocenters. The van der Waals surface area contributed by atoms with Crippen molar-refractivity contribution in [3.8, 4) is 0 Å². The monoisotopic (exact) mass is 389 g/mol. The Morgan fingerprint density at radius 2 is 1.08 bits per heavy atom. The summed E-state index contributed by atoms with van der Waals surface area (Å²) < 4.78 is 43.9. The predicted octanol–water partition coefficient (Wildman–Crippen LogP) is -3.49. The molecule has 0 unspecified atom stereocenters. The number of hydrogen-bond acceptors (Lipinski definition) is 11. The molecule has 0 aromatic heterocycles. The standard InChI is InChI=1S/C4H7NO2S.4BFH2O2/c1-2-8-5-3-4(6)7;4*2-1(3)4/h3H,2H2,1H3,(H,6,7);4*3-4H. The van der Waals surface area contributed by atoms with Gasteiger partial charge in [0.25, 0.3) is 0 Å². The van der Waals surface area contributed by atoms with Crippen LogP contribution in [0.15, 0.2) is 4.40 Å². The molecule has 24 heavy (non-hydrogen) atoms. The lowest BCUT2D eigenvalue weighted by Crippen LogP contribution is -1.98. The minimum atomic E-state index is -2.67. The van der Waals surface area contributed by atoms with E-state index in [0.29, 0.717) is 0 Å². The predicted molar refractivity (Wildman–Crippen MR) is 79.5 cm³/mol. The van der Waals surface area contributed by atoms with Gasteiger partial charge >= 0.3 is 35.6 Å². The third kappa shape index (κ3) is 499. The number of carboxylic acids is 1. The van der Waals surface area contributed by atoms with E-state index in [-0.39, 0.29) is 0 Å². The van der Waals surface area contributed by atoms with Gasteiger partial charge in [-0.1, -0.05) is 6.92 Å². The normalized spacial score (nSPS) is 7.88. The van der Waals surface area contributed by atoms with Crippen LogP contribution in [0.4, 0.5) is 17.3 Å². The highest BCUT2D eigenvalue weighted by Gasteiger charge is 1.98. The first-order valence-electron chi connectivity index (χ1n) is 5.09. The third-order valence-corrected chi connectivity index (χ3v) is 0.879. The van der Waals surface area contributed by atoms with Gasteiger partial charge in [-0.05, 0) is 11.9 Å². The summed E-state index contributed by atoms with van der Waals surface area (Å²) in [4.78, 5) is 9.71. The molecule has 0 aromatic carbocycles. The lowest BCUT2D eigenvalue weighted by Gasteiger charge is -1.79. The van der Waals surface area contributed by atoms with Crippen LogP contribution in [0.1, 0.15) is 6.92 Å². The maximum Gasteiger partial charge on any atom is 0.674 e. The Labute approximate surface area is 139 Å². The van der Waals surface area contributed by atoms with E-state index in [2.05, 4.69) is 4.40 Å². The highest BCUT2D eigenvalue weighted by molar-refractivity contribution is 7.98. The Bertz CT molecular complexity index is 234. The Balaban J connectivity index is -0.0000000657. The molecule has 0 radical (unpaired) electrons. The Kier molecular flexibility index (Phi) is 43.2. The quantitative estimate of drug-likeness (QED) is 0.100. The van der Waals surface area contributed by atoms with Crippen LogP contribution in [0.5, 0.6) is 0 Å². The van der Waals surface area contributed by atoms with Gasteiger partial charge in [0, 0.05) is 5.75 Å². The molecule has 0 bridgehead atoms. The van der Waals surface area contributed by atoms with E-state index in [1.54, 1.807) is 0 Å². The van der Waals surface area contributed by atoms with Gasteiger partial charge in [0.15, 0.2) is 0 Å². The lowest BCUT2D eigenvalue weighted by atomic mass is 10.3. The summed E-state index contributed by atoms with van der Waals surface area (Å²) in [6.07, 6.45) is 0.883. The van der Waals surface area contributed by atoms with Crippen LogP contribution in [0, 0.1) is 0 Å². The molecule has 0 spiro atoms. The van der Waals surface area contributed by atoms with Crippen molar-refractivity contribution in [1.82, 2.24) is 0 Å². The molecule has 0 saturated heterocycles. The molecule has 0 aliphatic carbocycles. The Hall–Kier alpha value is -0.850. The summed E-state index contributed by atoms with van der Waals surface area (Å²) >= 11 is 1.23. The number of carbonyl (C=O) groups is 1. The fourth-order valence-electron chi connectivity index (χ4n) is 0.157. The minimum absolute atomic E-state index is 0.809. The second-order valence-electron chi connectivity index (χ2n) is 2.23. The summed E-state index contributed by atoms with van der Waals surface area (Å²) in [5.74, 6) is -0.185. The summed E-state index contributed by atoms with van der Waals surface area (Å²) in [6.45, 7) is 1.91. The van der Waals surface area contributed by atoms with E-state index >= 15 is 0 Å². The number of rotatable bonds is 3. The van der Waals surface area contributed by atoms with Crippen molar-refractivity contribution in [3.63, 3.8) is 0 Å². The zero-order valence-electron chi connectivity index (χ0n) is 11.9. The number of halogens is 4. The fourth-order valence-corrected chi connectivity index (χ4v) is 0.471. The van der Waals surface area contributed by atoms with Crippen molar-refractivity contribution in [2.75, 3.05) is 5.75 Å². The SMILES string of the molecule is CCSN=CC(=O)O.OB(O)F.OB(O)F.OB(O)F.OB(O)F. The minimum Gasteiger partial charge on any atom is -0.477 e. The van der Waals surface area contributed by atoms with Crippen LogP contribution in [-0.2, 0) is 4.79 Å². The van der Waals surface area contributed by atoms with Gasteiger partial charge in [-0.3, -0.25) is 17.3 Å². The van der Waals surface area contributed by atoms with Crippen LogP contribution >= 0.6 is 11.9 Å². The van der Waals surface area contributed by atoms with Crippen LogP contribution in [0.3, 0.4) is 0 Å². The highest BCUT2D eigenvalue weighted by atomic mass is 32.2. The number of hydrogen-bond donors (Lipinski definition) is 9. The maximum absolute atomic E-state index is 10.1. The van der Waals surface area contributed by atoms with Crippen molar-refractivity contribution >= 4 is 53.7 Å².